The molecule has 27 heavy (non-hydrogen) atoms. The van der Waals surface area contributed by atoms with E-state index < -0.39 is 0 Å². The van der Waals surface area contributed by atoms with E-state index in [0.29, 0.717) is 0 Å². The smallest absolute Gasteiger partial charge is 0.173 e. The number of thiazole rings is 1. The van der Waals surface area contributed by atoms with Gasteiger partial charge in [-0.15, -0.1) is 11.3 Å². The van der Waals surface area contributed by atoms with Crippen molar-refractivity contribution >= 4 is 44.6 Å². The second-order valence-corrected chi connectivity index (χ2v) is 8.32. The van der Waals surface area contributed by atoms with Crippen molar-refractivity contribution in [3.8, 4) is 0 Å². The Balaban J connectivity index is 1.29. The largest absolute Gasteiger partial charge is 0.346 e. The van der Waals surface area contributed by atoms with Crippen molar-refractivity contribution < 1.29 is 0 Å². The molecule has 1 fully saturated rings. The molecule has 0 amide bonds. The van der Waals surface area contributed by atoms with Crippen LogP contribution in [0.1, 0.15) is 17.5 Å². The van der Waals surface area contributed by atoms with Gasteiger partial charge in [0, 0.05) is 31.9 Å². The first-order chi connectivity index (χ1) is 13.2. The van der Waals surface area contributed by atoms with Gasteiger partial charge >= 0.3 is 0 Å². The third-order valence-corrected chi connectivity index (χ3v) is 6.35. The summed E-state index contributed by atoms with van der Waals surface area (Å²) in [6.07, 6.45) is 1.06. The van der Waals surface area contributed by atoms with Gasteiger partial charge in [-0.3, -0.25) is 4.90 Å². The molecule has 6 heteroatoms. The number of fused-ring (bicyclic) bond motifs is 1. The third-order valence-electron chi connectivity index (χ3n) is 4.97. The summed E-state index contributed by atoms with van der Waals surface area (Å²) in [4.78, 5) is 9.48. The van der Waals surface area contributed by atoms with Crippen LogP contribution in [0.5, 0.6) is 0 Å². The molecule has 4 nitrogen and oxygen atoms in total. The molecule has 2 heterocycles. The first-order valence-corrected chi connectivity index (χ1v) is 10.7. The van der Waals surface area contributed by atoms with Crippen LogP contribution >= 0.6 is 23.6 Å². The average molecular weight is 397 g/mol. The molecule has 0 saturated carbocycles. The Morgan fingerprint density at radius 3 is 2.52 bits per heavy atom. The maximum absolute atomic E-state index is 5.62. The fraction of sp³-hybridized carbons (Fsp3) is 0.333. The molecule has 3 aromatic rings. The molecule has 0 radical (unpaired) electrons. The SMILES string of the molecule is CCc1ccc(NC(=S)N2CCN(Cc3nc4ccccc4s3)CC2)cc1. The van der Waals surface area contributed by atoms with Crippen molar-refractivity contribution in [2.45, 2.75) is 19.9 Å². The van der Waals surface area contributed by atoms with Crippen LogP contribution in [0.25, 0.3) is 10.2 Å². The molecule has 4 rings (SSSR count). The lowest BCUT2D eigenvalue weighted by molar-refractivity contribution is 0.177. The first-order valence-electron chi connectivity index (χ1n) is 9.43. The standard InChI is InChI=1S/C21H24N4S2/c1-2-16-7-9-17(10-8-16)22-21(26)25-13-11-24(12-14-25)15-20-23-18-5-3-4-6-19(18)27-20/h3-10H,2,11-15H2,1H3,(H,22,26). The molecule has 1 aliphatic heterocycles. The van der Waals surface area contributed by atoms with Crippen LogP contribution in [0.15, 0.2) is 48.5 Å². The zero-order chi connectivity index (χ0) is 18.6. The highest BCUT2D eigenvalue weighted by Crippen LogP contribution is 2.23. The monoisotopic (exact) mass is 396 g/mol. The number of benzene rings is 2. The summed E-state index contributed by atoms with van der Waals surface area (Å²) >= 11 is 7.41. The molecule has 0 unspecified atom stereocenters. The third kappa shape index (κ3) is 4.46. The van der Waals surface area contributed by atoms with Gasteiger partial charge < -0.3 is 10.2 Å². The number of hydrogen-bond donors (Lipinski definition) is 1. The van der Waals surface area contributed by atoms with Gasteiger partial charge in [-0.25, -0.2) is 4.98 Å². The van der Waals surface area contributed by atoms with Crippen molar-refractivity contribution in [1.29, 1.82) is 0 Å². The van der Waals surface area contributed by atoms with Crippen molar-refractivity contribution in [3.05, 3.63) is 59.1 Å². The van der Waals surface area contributed by atoms with E-state index in [9.17, 15) is 0 Å². The van der Waals surface area contributed by atoms with E-state index >= 15 is 0 Å². The summed E-state index contributed by atoms with van der Waals surface area (Å²) in [5.74, 6) is 0. The minimum Gasteiger partial charge on any atom is -0.346 e. The Hall–Kier alpha value is -2.02. The molecule has 0 spiro atoms. The lowest BCUT2D eigenvalue weighted by Crippen LogP contribution is -2.49. The van der Waals surface area contributed by atoms with Crippen LogP contribution in [0, 0.1) is 0 Å². The summed E-state index contributed by atoms with van der Waals surface area (Å²) in [5.41, 5.74) is 3.51. The number of thiocarbonyl (C=S) groups is 1. The minimum absolute atomic E-state index is 0.818. The van der Waals surface area contributed by atoms with Crippen LogP contribution in [0.4, 0.5) is 5.69 Å². The number of aromatic nitrogens is 1. The number of hydrogen-bond acceptors (Lipinski definition) is 4. The first kappa shape index (κ1) is 18.3. The zero-order valence-corrected chi connectivity index (χ0v) is 17.2. The number of nitrogens with one attached hydrogen (secondary N) is 1. The van der Waals surface area contributed by atoms with Crippen LogP contribution in [0.3, 0.4) is 0 Å². The average Bonchev–Trinajstić information content (AvgIpc) is 3.11. The minimum atomic E-state index is 0.818. The highest BCUT2D eigenvalue weighted by Gasteiger charge is 2.20. The quantitative estimate of drug-likeness (QED) is 0.662. The summed E-state index contributed by atoms with van der Waals surface area (Å²) in [6, 6.07) is 16.9. The highest BCUT2D eigenvalue weighted by atomic mass is 32.1. The van der Waals surface area contributed by atoms with Gasteiger partial charge in [0.1, 0.15) is 5.01 Å². The van der Waals surface area contributed by atoms with E-state index in [1.165, 1.54) is 15.3 Å². The predicted molar refractivity (Wildman–Crippen MR) is 119 cm³/mol. The Morgan fingerprint density at radius 1 is 1.07 bits per heavy atom. The molecule has 1 aromatic heterocycles. The second-order valence-electron chi connectivity index (χ2n) is 6.82. The summed E-state index contributed by atoms with van der Waals surface area (Å²) in [5, 5.41) is 5.39. The number of para-hydroxylation sites is 1. The molecule has 0 bridgehead atoms. The highest BCUT2D eigenvalue weighted by molar-refractivity contribution is 7.80. The van der Waals surface area contributed by atoms with Gasteiger partial charge in [0.2, 0.25) is 0 Å². The summed E-state index contributed by atoms with van der Waals surface area (Å²) < 4.78 is 1.27. The van der Waals surface area contributed by atoms with Gasteiger partial charge in [0.15, 0.2) is 5.11 Å². The molecule has 2 aromatic carbocycles. The number of rotatable bonds is 4. The second kappa shape index (κ2) is 8.33. The molecule has 1 saturated heterocycles. The van der Waals surface area contributed by atoms with E-state index in [1.807, 2.05) is 6.07 Å². The van der Waals surface area contributed by atoms with E-state index in [-0.39, 0.29) is 0 Å². The Morgan fingerprint density at radius 2 is 1.81 bits per heavy atom. The van der Waals surface area contributed by atoms with Gasteiger partial charge in [-0.1, -0.05) is 31.2 Å². The topological polar surface area (TPSA) is 31.4 Å². The van der Waals surface area contributed by atoms with Crippen molar-refractivity contribution in [1.82, 2.24) is 14.8 Å². The zero-order valence-electron chi connectivity index (χ0n) is 15.5. The van der Waals surface area contributed by atoms with Crippen LogP contribution in [0.2, 0.25) is 0 Å². The Bertz CT molecular complexity index is 878. The van der Waals surface area contributed by atoms with E-state index in [0.717, 1.165) is 55.5 Å². The van der Waals surface area contributed by atoms with Crippen LogP contribution in [-0.4, -0.2) is 46.1 Å². The molecule has 140 valence electrons. The van der Waals surface area contributed by atoms with Crippen LogP contribution in [-0.2, 0) is 13.0 Å². The number of nitrogens with zero attached hydrogens (tertiary/aromatic N) is 3. The number of piperazine rings is 1. The van der Waals surface area contributed by atoms with Gasteiger partial charge in [-0.05, 0) is 48.5 Å². The van der Waals surface area contributed by atoms with Crippen molar-refractivity contribution in [3.63, 3.8) is 0 Å². The van der Waals surface area contributed by atoms with Crippen molar-refractivity contribution in [2.75, 3.05) is 31.5 Å². The number of aryl methyl sites for hydroxylation is 1. The summed E-state index contributed by atoms with van der Waals surface area (Å²) in [6.45, 7) is 7.00. The van der Waals surface area contributed by atoms with E-state index in [4.69, 9.17) is 17.2 Å². The maximum atomic E-state index is 5.62. The molecule has 1 N–H and O–H groups in total. The molecule has 0 atom stereocenters. The van der Waals surface area contributed by atoms with Gasteiger partial charge in [0.25, 0.3) is 0 Å². The fourth-order valence-corrected chi connectivity index (χ4v) is 4.62. The Kier molecular flexibility index (Phi) is 5.66. The Labute approximate surface area is 169 Å². The lowest BCUT2D eigenvalue weighted by Gasteiger charge is -2.35. The number of anilines is 1. The molecular weight excluding hydrogens is 372 g/mol. The molecule has 0 aliphatic carbocycles. The van der Waals surface area contributed by atoms with Crippen LogP contribution < -0.4 is 5.32 Å². The van der Waals surface area contributed by atoms with E-state index in [2.05, 4.69) is 64.5 Å². The van der Waals surface area contributed by atoms with E-state index in [1.54, 1.807) is 11.3 Å². The van der Waals surface area contributed by atoms with Gasteiger partial charge in [0.05, 0.1) is 16.8 Å². The maximum Gasteiger partial charge on any atom is 0.173 e. The van der Waals surface area contributed by atoms with Crippen molar-refractivity contribution in [2.24, 2.45) is 0 Å². The lowest BCUT2D eigenvalue weighted by atomic mass is 10.1. The molecular formula is C21H24N4S2. The fourth-order valence-electron chi connectivity index (χ4n) is 3.31. The summed E-state index contributed by atoms with van der Waals surface area (Å²) in [7, 11) is 0. The molecule has 1 aliphatic rings. The normalized spacial score (nSPS) is 15.2. The van der Waals surface area contributed by atoms with Gasteiger partial charge in [-0.2, -0.15) is 0 Å². The predicted octanol–water partition coefficient (Wildman–Crippen LogP) is 4.37.